The number of hydrogen-bond donors (Lipinski definition) is 1. The summed E-state index contributed by atoms with van der Waals surface area (Å²) in [6.45, 7) is 10.7. The van der Waals surface area contributed by atoms with E-state index in [1.54, 1.807) is 0 Å². The van der Waals surface area contributed by atoms with Crippen LogP contribution in [0.15, 0.2) is 0 Å². The zero-order valence-electron chi connectivity index (χ0n) is 11.5. The molecule has 1 saturated carbocycles. The van der Waals surface area contributed by atoms with E-state index in [1.165, 1.54) is 58.2 Å². The van der Waals surface area contributed by atoms with Crippen molar-refractivity contribution >= 4 is 0 Å². The van der Waals surface area contributed by atoms with Gasteiger partial charge in [0.25, 0.3) is 0 Å². The van der Waals surface area contributed by atoms with Crippen LogP contribution in [0, 0.1) is 0 Å². The van der Waals surface area contributed by atoms with Crippen LogP contribution in [0.4, 0.5) is 0 Å². The second-order valence-corrected chi connectivity index (χ2v) is 5.23. The normalized spacial score (nSPS) is 18.0. The van der Waals surface area contributed by atoms with Crippen LogP contribution in [0.5, 0.6) is 0 Å². The van der Waals surface area contributed by atoms with E-state index in [-0.39, 0.29) is 0 Å². The van der Waals surface area contributed by atoms with Crippen molar-refractivity contribution in [1.29, 1.82) is 0 Å². The lowest BCUT2D eigenvalue weighted by molar-refractivity contribution is 0.198. The zero-order valence-corrected chi connectivity index (χ0v) is 11.5. The summed E-state index contributed by atoms with van der Waals surface area (Å²) in [5.74, 6) is 0. The summed E-state index contributed by atoms with van der Waals surface area (Å²) in [4.78, 5) is 2.66. The fourth-order valence-electron chi connectivity index (χ4n) is 2.05. The summed E-state index contributed by atoms with van der Waals surface area (Å²) in [5.41, 5.74) is 0. The van der Waals surface area contributed by atoms with Crippen LogP contribution in [0.2, 0.25) is 0 Å². The molecule has 1 aliphatic carbocycles. The van der Waals surface area contributed by atoms with Crippen molar-refractivity contribution in [3.05, 3.63) is 0 Å². The van der Waals surface area contributed by atoms with Crippen molar-refractivity contribution in [1.82, 2.24) is 10.2 Å². The predicted molar refractivity (Wildman–Crippen MR) is 71.9 cm³/mol. The van der Waals surface area contributed by atoms with Crippen molar-refractivity contribution in [3.8, 4) is 0 Å². The molecule has 1 N–H and O–H groups in total. The first-order chi connectivity index (χ1) is 7.77. The van der Waals surface area contributed by atoms with E-state index in [9.17, 15) is 0 Å². The lowest BCUT2D eigenvalue weighted by Crippen LogP contribution is -2.35. The van der Waals surface area contributed by atoms with Crippen molar-refractivity contribution in [2.45, 2.75) is 71.4 Å². The van der Waals surface area contributed by atoms with E-state index in [2.05, 4.69) is 31.0 Å². The molecular formula is C14H30N2. The zero-order chi connectivity index (χ0) is 11.8. The number of nitrogens with zero attached hydrogens (tertiary/aromatic N) is 1. The number of nitrogens with one attached hydrogen (secondary N) is 1. The first kappa shape index (κ1) is 14.0. The van der Waals surface area contributed by atoms with Gasteiger partial charge in [0.15, 0.2) is 0 Å². The molecule has 0 radical (unpaired) electrons. The summed E-state index contributed by atoms with van der Waals surface area (Å²) in [6.07, 6.45) is 8.06. The third kappa shape index (κ3) is 5.86. The molecule has 0 aliphatic heterocycles. The van der Waals surface area contributed by atoms with Gasteiger partial charge in [-0.25, -0.2) is 0 Å². The minimum absolute atomic E-state index is 0.757. The van der Waals surface area contributed by atoms with Gasteiger partial charge in [-0.1, -0.05) is 20.3 Å². The van der Waals surface area contributed by atoms with Gasteiger partial charge in [-0.3, -0.25) is 0 Å². The molecule has 0 saturated heterocycles. The molecule has 2 nitrogen and oxygen atoms in total. The highest BCUT2D eigenvalue weighted by Crippen LogP contribution is 2.18. The third-order valence-electron chi connectivity index (χ3n) is 3.65. The molecule has 0 heterocycles. The summed E-state index contributed by atoms with van der Waals surface area (Å²) < 4.78 is 0. The van der Waals surface area contributed by atoms with Gasteiger partial charge in [0.2, 0.25) is 0 Å². The fraction of sp³-hybridized carbons (Fsp3) is 1.00. The van der Waals surface area contributed by atoms with E-state index in [4.69, 9.17) is 0 Å². The summed E-state index contributed by atoms with van der Waals surface area (Å²) in [7, 11) is 0. The first-order valence-corrected chi connectivity index (χ1v) is 7.25. The van der Waals surface area contributed by atoms with Gasteiger partial charge in [-0.2, -0.15) is 0 Å². The lowest BCUT2D eigenvalue weighted by atomic mass is 10.2. The van der Waals surface area contributed by atoms with Crippen molar-refractivity contribution in [2.24, 2.45) is 0 Å². The maximum absolute atomic E-state index is 3.60. The highest BCUT2D eigenvalue weighted by atomic mass is 15.1. The van der Waals surface area contributed by atoms with Crippen LogP contribution in [-0.2, 0) is 0 Å². The van der Waals surface area contributed by atoms with Gasteiger partial charge in [0.1, 0.15) is 0 Å². The summed E-state index contributed by atoms with van der Waals surface area (Å²) in [5, 5.41) is 3.60. The SMILES string of the molecule is CCCCN(CCCNC1CC1)C(C)CC. The average Bonchev–Trinajstić information content (AvgIpc) is 3.11. The van der Waals surface area contributed by atoms with Gasteiger partial charge < -0.3 is 10.2 Å². The Balaban J connectivity index is 2.08. The number of rotatable bonds is 10. The number of hydrogen-bond acceptors (Lipinski definition) is 2. The highest BCUT2D eigenvalue weighted by Gasteiger charge is 2.19. The average molecular weight is 226 g/mol. The molecule has 16 heavy (non-hydrogen) atoms. The predicted octanol–water partition coefficient (Wildman–Crippen LogP) is 3.03. The molecule has 1 atom stereocenters. The van der Waals surface area contributed by atoms with Gasteiger partial charge in [-0.05, 0) is 58.7 Å². The van der Waals surface area contributed by atoms with Crippen molar-refractivity contribution < 1.29 is 0 Å². The van der Waals surface area contributed by atoms with Crippen LogP contribution in [0.25, 0.3) is 0 Å². The van der Waals surface area contributed by atoms with E-state index in [0.29, 0.717) is 0 Å². The molecule has 0 amide bonds. The molecule has 0 aromatic carbocycles. The summed E-state index contributed by atoms with van der Waals surface area (Å²) in [6, 6.07) is 1.63. The Bertz CT molecular complexity index is 166. The second-order valence-electron chi connectivity index (χ2n) is 5.23. The van der Waals surface area contributed by atoms with Gasteiger partial charge in [0, 0.05) is 12.1 Å². The van der Waals surface area contributed by atoms with Gasteiger partial charge in [-0.15, -0.1) is 0 Å². The minimum atomic E-state index is 0.757. The smallest absolute Gasteiger partial charge is 0.00682 e. The second kappa shape index (κ2) is 8.08. The van der Waals surface area contributed by atoms with Crippen molar-refractivity contribution in [2.75, 3.05) is 19.6 Å². The maximum atomic E-state index is 3.60. The molecule has 0 aromatic rings. The molecule has 1 unspecified atom stereocenters. The molecule has 1 fully saturated rings. The third-order valence-corrected chi connectivity index (χ3v) is 3.65. The quantitative estimate of drug-likeness (QED) is 0.576. The van der Waals surface area contributed by atoms with E-state index < -0.39 is 0 Å². The molecule has 0 spiro atoms. The van der Waals surface area contributed by atoms with Crippen LogP contribution in [0.1, 0.15) is 59.3 Å². The largest absolute Gasteiger partial charge is 0.314 e. The van der Waals surface area contributed by atoms with Crippen LogP contribution in [-0.4, -0.2) is 36.6 Å². The lowest BCUT2D eigenvalue weighted by Gasteiger charge is -2.28. The molecule has 0 aromatic heterocycles. The number of unbranched alkanes of at least 4 members (excludes halogenated alkanes) is 1. The standard InChI is InChI=1S/C14H30N2/c1-4-6-11-16(13(3)5-2)12-7-10-15-14-8-9-14/h13-15H,4-12H2,1-3H3. The Morgan fingerprint density at radius 2 is 1.88 bits per heavy atom. The maximum Gasteiger partial charge on any atom is 0.00682 e. The Morgan fingerprint density at radius 1 is 1.19 bits per heavy atom. The minimum Gasteiger partial charge on any atom is -0.314 e. The molecular weight excluding hydrogens is 196 g/mol. The molecule has 2 heteroatoms. The van der Waals surface area contributed by atoms with Gasteiger partial charge in [0.05, 0.1) is 0 Å². The van der Waals surface area contributed by atoms with E-state index in [0.717, 1.165) is 12.1 Å². The summed E-state index contributed by atoms with van der Waals surface area (Å²) >= 11 is 0. The van der Waals surface area contributed by atoms with Crippen LogP contribution in [0.3, 0.4) is 0 Å². The Hall–Kier alpha value is -0.0800. The van der Waals surface area contributed by atoms with Crippen LogP contribution >= 0.6 is 0 Å². The Labute approximate surface area is 102 Å². The van der Waals surface area contributed by atoms with Gasteiger partial charge >= 0.3 is 0 Å². The molecule has 1 aliphatic rings. The van der Waals surface area contributed by atoms with E-state index in [1.807, 2.05) is 0 Å². The van der Waals surface area contributed by atoms with E-state index >= 15 is 0 Å². The highest BCUT2D eigenvalue weighted by molar-refractivity contribution is 4.80. The Morgan fingerprint density at radius 3 is 2.44 bits per heavy atom. The molecule has 1 rings (SSSR count). The van der Waals surface area contributed by atoms with Crippen molar-refractivity contribution in [3.63, 3.8) is 0 Å². The molecule has 96 valence electrons. The monoisotopic (exact) mass is 226 g/mol. The Kier molecular flexibility index (Phi) is 7.06. The fourth-order valence-corrected chi connectivity index (χ4v) is 2.05. The first-order valence-electron chi connectivity index (χ1n) is 7.25. The topological polar surface area (TPSA) is 15.3 Å². The molecule has 0 bridgehead atoms. The van der Waals surface area contributed by atoms with Crippen LogP contribution < -0.4 is 5.32 Å².